The molecule has 0 aromatic carbocycles. The van der Waals surface area contributed by atoms with Crippen molar-refractivity contribution in [2.24, 2.45) is 0 Å². The topological polar surface area (TPSA) is 0 Å². The third-order valence-corrected chi connectivity index (χ3v) is 14.6. The van der Waals surface area contributed by atoms with Gasteiger partial charge < -0.3 is 0 Å². The number of rotatable bonds is 17. The van der Waals surface area contributed by atoms with Gasteiger partial charge in [-0.3, -0.25) is 0 Å². The van der Waals surface area contributed by atoms with Gasteiger partial charge in [-0.1, -0.05) is 67.2 Å². The Morgan fingerprint density at radius 2 is 0.659 bits per heavy atom. The van der Waals surface area contributed by atoms with Crippen LogP contribution in [0, 0.1) is 126 Å². The van der Waals surface area contributed by atoms with Gasteiger partial charge in [-0.2, -0.15) is 0 Å². The van der Waals surface area contributed by atoms with Crippen molar-refractivity contribution in [1.29, 1.82) is 0 Å². The fraction of sp³-hybridized carbons (Fsp3) is 0.500. The SMILES string of the molecule is CCCCP(CCCC)[C@H](C)[C]1[CH][CH][CH][C]1[C]1[CH][CH][CH][C]1[C@@H](C)P(CCCC)CCCC.[CH]1[CH][CH][CH][CH]1.[CH]1[CH][CH][CH][CH]1.[Fe+2].[Fe+2]. The second-order valence-corrected chi connectivity index (χ2v) is 17.2. The van der Waals surface area contributed by atoms with Gasteiger partial charge in [-0.15, -0.1) is 15.8 Å². The molecule has 4 fully saturated rings. The Balaban J connectivity index is 0.00000129. The van der Waals surface area contributed by atoms with Crippen molar-refractivity contribution >= 4 is 15.8 Å². The minimum atomic E-state index is 0. The van der Waals surface area contributed by atoms with Crippen LogP contribution in [0.2, 0.25) is 0 Å². The average molecular weight is 715 g/mol. The summed E-state index contributed by atoms with van der Waals surface area (Å²) >= 11 is 0. The first-order valence-electron chi connectivity index (χ1n) is 16.9. The minimum Gasteiger partial charge on any atom is -0.103 e. The van der Waals surface area contributed by atoms with Gasteiger partial charge in [0, 0.05) is 0 Å². The van der Waals surface area contributed by atoms with E-state index in [0.29, 0.717) is 11.3 Å². The largest absolute Gasteiger partial charge is 2.00 e. The van der Waals surface area contributed by atoms with Gasteiger partial charge in [0.1, 0.15) is 0 Å². The van der Waals surface area contributed by atoms with E-state index in [4.69, 9.17) is 0 Å². The molecule has 4 saturated carbocycles. The van der Waals surface area contributed by atoms with Crippen LogP contribution in [0.5, 0.6) is 0 Å². The van der Waals surface area contributed by atoms with Gasteiger partial charge in [0.2, 0.25) is 0 Å². The summed E-state index contributed by atoms with van der Waals surface area (Å²) in [5.41, 5.74) is 1.43. The van der Waals surface area contributed by atoms with Gasteiger partial charge in [0.05, 0.1) is 0 Å². The van der Waals surface area contributed by atoms with Crippen molar-refractivity contribution in [2.75, 3.05) is 24.6 Å². The number of hydrogen-bond donors (Lipinski definition) is 0. The standard InChI is InChI=1S/C30H50P2.2C5H5.2Fe/c1-7-11-21-31(22-12-8-2)25(5)27-17-15-19-29(27)30-20-16-18-28(30)26(6)32(23-13-9-3)24-14-10-4;2*1-2-4-5-3-1;;/h15-20,25-26H,7-14,21-24H2,1-6H3;2*1-5H;;/q;;;2*+2/t25-,26-;;;;/m1..../s1. The van der Waals surface area contributed by atoms with Crippen LogP contribution in [0.4, 0.5) is 0 Å². The first kappa shape index (κ1) is 45.9. The molecule has 0 heterocycles. The maximum Gasteiger partial charge on any atom is 2.00 e. The molecule has 0 amide bonds. The van der Waals surface area contributed by atoms with Crippen LogP contribution in [-0.4, -0.2) is 36.0 Å². The molecular weight excluding hydrogens is 654 g/mol. The summed E-state index contributed by atoms with van der Waals surface area (Å²) in [4.78, 5) is 0. The Morgan fingerprint density at radius 1 is 0.409 bits per heavy atom. The quantitative estimate of drug-likeness (QED) is 0.104. The zero-order valence-electron chi connectivity index (χ0n) is 28.5. The van der Waals surface area contributed by atoms with Gasteiger partial charge >= 0.3 is 34.1 Å². The summed E-state index contributed by atoms with van der Waals surface area (Å²) in [5.74, 6) is 6.36. The molecule has 0 nitrogen and oxygen atoms in total. The summed E-state index contributed by atoms with van der Waals surface area (Å²) in [7, 11) is 0.149. The predicted molar refractivity (Wildman–Crippen MR) is 194 cm³/mol. The normalized spacial score (nSPS) is 21.0. The van der Waals surface area contributed by atoms with Crippen LogP contribution in [0.25, 0.3) is 0 Å². The Morgan fingerprint density at radius 3 is 0.886 bits per heavy atom. The van der Waals surface area contributed by atoms with Crippen LogP contribution in [0.3, 0.4) is 0 Å². The van der Waals surface area contributed by atoms with E-state index < -0.39 is 0 Å². The van der Waals surface area contributed by atoms with E-state index in [0.717, 1.165) is 0 Å². The van der Waals surface area contributed by atoms with E-state index in [2.05, 4.69) is 80.1 Å². The van der Waals surface area contributed by atoms with E-state index in [1.165, 1.54) is 76.0 Å². The molecule has 0 unspecified atom stereocenters. The molecule has 0 N–H and O–H groups in total. The van der Waals surface area contributed by atoms with E-state index in [-0.39, 0.29) is 50.0 Å². The minimum absolute atomic E-state index is 0. The maximum atomic E-state index is 2.54. The van der Waals surface area contributed by atoms with Crippen LogP contribution in [0.15, 0.2) is 0 Å². The molecule has 4 aliphatic carbocycles. The Bertz CT molecular complexity index is 525. The zero-order chi connectivity index (χ0) is 30.4. The third-order valence-electron chi connectivity index (χ3n) is 8.29. The maximum absolute atomic E-state index is 2.54. The molecule has 0 spiro atoms. The van der Waals surface area contributed by atoms with Gasteiger partial charge in [0.15, 0.2) is 0 Å². The molecule has 0 aromatic rings. The van der Waals surface area contributed by atoms with Crippen molar-refractivity contribution in [3.05, 3.63) is 126 Å². The summed E-state index contributed by atoms with van der Waals surface area (Å²) in [6, 6.07) is 0. The molecule has 2 atom stereocenters. The van der Waals surface area contributed by atoms with E-state index in [1.54, 1.807) is 23.7 Å². The Hall–Kier alpha value is 1.90. The van der Waals surface area contributed by atoms with Crippen molar-refractivity contribution < 1.29 is 34.1 Å². The molecule has 0 bridgehead atoms. The summed E-state index contributed by atoms with van der Waals surface area (Å²) < 4.78 is 0. The molecule has 20 radical (unpaired) electrons. The van der Waals surface area contributed by atoms with Crippen molar-refractivity contribution in [1.82, 2.24) is 0 Å². The molecule has 4 aliphatic rings. The molecular formula is C40H60Fe2P2+4. The van der Waals surface area contributed by atoms with Gasteiger partial charge in [-0.25, -0.2) is 0 Å². The monoisotopic (exact) mass is 714 g/mol. The van der Waals surface area contributed by atoms with Crippen molar-refractivity contribution in [3.8, 4) is 0 Å². The average Bonchev–Trinajstić information content (AvgIpc) is 3.85. The van der Waals surface area contributed by atoms with Crippen LogP contribution in [-0.2, 0) is 34.1 Å². The van der Waals surface area contributed by atoms with E-state index in [1.807, 2.05) is 64.2 Å². The van der Waals surface area contributed by atoms with E-state index >= 15 is 0 Å². The molecule has 44 heavy (non-hydrogen) atoms. The predicted octanol–water partition coefficient (Wildman–Crippen LogP) is 11.5. The number of unbranched alkanes of at least 4 members (excludes halogenated alkanes) is 4. The summed E-state index contributed by atoms with van der Waals surface area (Å²) in [6.07, 6.45) is 51.1. The summed E-state index contributed by atoms with van der Waals surface area (Å²) in [5, 5.41) is 0. The van der Waals surface area contributed by atoms with Gasteiger partial charge in [-0.05, 0) is 188 Å². The first-order valence-corrected chi connectivity index (χ1v) is 20.5. The van der Waals surface area contributed by atoms with E-state index in [9.17, 15) is 0 Å². The molecule has 4 heteroatoms. The first-order chi connectivity index (χ1) is 20.6. The number of hydrogen-bond acceptors (Lipinski definition) is 0. The fourth-order valence-corrected chi connectivity index (χ4v) is 11.7. The van der Waals surface area contributed by atoms with Crippen LogP contribution < -0.4 is 0 Å². The second-order valence-electron chi connectivity index (χ2n) is 11.6. The van der Waals surface area contributed by atoms with Crippen molar-refractivity contribution in [2.45, 2.75) is 104 Å². The van der Waals surface area contributed by atoms with Crippen LogP contribution in [0.1, 0.15) is 92.9 Å². The molecule has 242 valence electrons. The zero-order valence-corrected chi connectivity index (χ0v) is 32.5. The summed E-state index contributed by atoms with van der Waals surface area (Å²) in [6.45, 7) is 14.5. The Labute approximate surface area is 303 Å². The van der Waals surface area contributed by atoms with Gasteiger partial charge in [0.25, 0.3) is 0 Å². The molecule has 0 aromatic heterocycles. The van der Waals surface area contributed by atoms with Crippen LogP contribution >= 0.6 is 15.8 Å². The smallest absolute Gasteiger partial charge is 0.103 e. The molecule has 4 rings (SSSR count). The Kier molecular flexibility index (Phi) is 31.1. The second kappa shape index (κ2) is 29.8. The molecule has 0 saturated heterocycles. The molecule has 0 aliphatic heterocycles. The van der Waals surface area contributed by atoms with Crippen molar-refractivity contribution in [3.63, 3.8) is 0 Å². The third kappa shape index (κ3) is 17.5. The fourth-order valence-electron chi connectivity index (χ4n) is 5.57.